The molecule has 16 heavy (non-hydrogen) atoms. The zero-order chi connectivity index (χ0) is 12.0. The predicted octanol–water partition coefficient (Wildman–Crippen LogP) is 3.38. The molecule has 3 nitrogen and oxygen atoms in total. The van der Waals surface area contributed by atoms with Gasteiger partial charge in [-0.3, -0.25) is 0 Å². The fourth-order valence-electron chi connectivity index (χ4n) is 1.05. The summed E-state index contributed by atoms with van der Waals surface area (Å²) in [6.07, 6.45) is -1.09. The van der Waals surface area contributed by atoms with E-state index in [2.05, 4.69) is 31.2 Å². The van der Waals surface area contributed by atoms with Crippen LogP contribution in [0.4, 0.5) is 19.1 Å². The van der Waals surface area contributed by atoms with Gasteiger partial charge in [-0.2, -0.15) is 13.2 Å². The van der Waals surface area contributed by atoms with E-state index in [-0.39, 0.29) is 6.42 Å². The largest absolute Gasteiger partial charge is 0.389 e. The molecule has 1 rings (SSSR count). The van der Waals surface area contributed by atoms with Crippen LogP contribution in [0.5, 0.6) is 0 Å². The Bertz CT molecular complexity index is 313. The molecule has 0 saturated carbocycles. The third-order valence-corrected chi connectivity index (χ3v) is 2.20. The minimum Gasteiger partial charge on any atom is -0.354 e. The lowest BCUT2D eigenvalue weighted by molar-refractivity contribution is -0.135. The average molecular weight is 298 g/mol. The molecule has 0 radical (unpaired) electrons. The smallest absolute Gasteiger partial charge is 0.354 e. The van der Waals surface area contributed by atoms with Crippen LogP contribution in [-0.4, -0.2) is 22.7 Å². The summed E-state index contributed by atoms with van der Waals surface area (Å²) in [5.41, 5.74) is 0. The highest BCUT2D eigenvalue weighted by molar-refractivity contribution is 9.10. The van der Waals surface area contributed by atoms with E-state index in [1.165, 1.54) is 0 Å². The molecule has 0 bridgehead atoms. The lowest BCUT2D eigenvalue weighted by atomic mass is 10.2. The molecule has 90 valence electrons. The van der Waals surface area contributed by atoms with E-state index in [0.717, 1.165) is 4.47 Å². The summed E-state index contributed by atoms with van der Waals surface area (Å²) >= 11 is 3.18. The van der Waals surface area contributed by atoms with Crippen LogP contribution in [0.2, 0.25) is 0 Å². The first-order valence-electron chi connectivity index (χ1n) is 4.75. The van der Waals surface area contributed by atoms with Gasteiger partial charge < -0.3 is 5.32 Å². The first-order valence-corrected chi connectivity index (χ1v) is 5.55. The topological polar surface area (TPSA) is 37.8 Å². The first-order chi connectivity index (χ1) is 7.47. The molecule has 0 atom stereocenters. The molecule has 0 aromatic carbocycles. The zero-order valence-electron chi connectivity index (χ0n) is 8.39. The van der Waals surface area contributed by atoms with Crippen LogP contribution in [0.25, 0.3) is 0 Å². The van der Waals surface area contributed by atoms with Crippen molar-refractivity contribution in [2.75, 3.05) is 11.9 Å². The second-order valence-corrected chi connectivity index (χ2v) is 4.14. The van der Waals surface area contributed by atoms with E-state index >= 15 is 0 Å². The Morgan fingerprint density at radius 2 is 1.81 bits per heavy atom. The number of rotatable bonds is 5. The van der Waals surface area contributed by atoms with Gasteiger partial charge in [-0.25, -0.2) is 9.97 Å². The number of halogens is 4. The number of hydrogen-bond donors (Lipinski definition) is 1. The van der Waals surface area contributed by atoms with Crippen molar-refractivity contribution in [1.29, 1.82) is 0 Å². The fourth-order valence-corrected chi connectivity index (χ4v) is 1.26. The van der Waals surface area contributed by atoms with Gasteiger partial charge >= 0.3 is 6.18 Å². The molecular weight excluding hydrogens is 287 g/mol. The van der Waals surface area contributed by atoms with Crippen molar-refractivity contribution in [1.82, 2.24) is 9.97 Å². The van der Waals surface area contributed by atoms with Gasteiger partial charge in [-0.1, -0.05) is 0 Å². The predicted molar refractivity (Wildman–Crippen MR) is 58.1 cm³/mol. The van der Waals surface area contributed by atoms with Gasteiger partial charge in [0.1, 0.15) is 0 Å². The Hall–Kier alpha value is -0.850. The number of nitrogens with zero attached hydrogens (tertiary/aromatic N) is 2. The summed E-state index contributed by atoms with van der Waals surface area (Å²) in [5.74, 6) is 0.426. The number of unbranched alkanes of at least 4 members (excludes halogenated alkanes) is 1. The molecule has 1 heterocycles. The van der Waals surface area contributed by atoms with E-state index in [1.54, 1.807) is 12.4 Å². The van der Waals surface area contributed by atoms with E-state index < -0.39 is 12.6 Å². The highest BCUT2D eigenvalue weighted by atomic mass is 79.9. The van der Waals surface area contributed by atoms with Crippen LogP contribution >= 0.6 is 15.9 Å². The van der Waals surface area contributed by atoms with Gasteiger partial charge in [0.2, 0.25) is 5.95 Å². The molecule has 0 aliphatic heterocycles. The van der Waals surface area contributed by atoms with Crippen molar-refractivity contribution >= 4 is 21.9 Å². The second kappa shape index (κ2) is 6.03. The Balaban J connectivity index is 2.14. The maximum absolute atomic E-state index is 11.8. The molecule has 0 spiro atoms. The molecular formula is C9H11BrF3N3. The van der Waals surface area contributed by atoms with Crippen LogP contribution < -0.4 is 5.32 Å². The molecule has 1 N–H and O–H groups in total. The van der Waals surface area contributed by atoms with Crippen molar-refractivity contribution in [3.8, 4) is 0 Å². The molecule has 0 aliphatic rings. The molecule has 0 unspecified atom stereocenters. The first kappa shape index (κ1) is 13.2. The average Bonchev–Trinajstić information content (AvgIpc) is 2.19. The van der Waals surface area contributed by atoms with E-state index in [1.807, 2.05) is 0 Å². The molecule has 1 aromatic heterocycles. The number of hydrogen-bond acceptors (Lipinski definition) is 3. The maximum atomic E-state index is 11.8. The Labute approximate surface area is 99.6 Å². The Morgan fingerprint density at radius 3 is 2.38 bits per heavy atom. The van der Waals surface area contributed by atoms with Crippen LogP contribution in [0.1, 0.15) is 19.3 Å². The standard InChI is InChI=1S/C9H11BrF3N3/c10-7-5-15-8(16-6-7)14-4-2-1-3-9(11,12)13/h5-6H,1-4H2,(H,14,15,16). The Kier molecular flexibility index (Phi) is 4.98. The normalized spacial score (nSPS) is 11.5. The summed E-state index contributed by atoms with van der Waals surface area (Å²) in [6.45, 7) is 0.442. The summed E-state index contributed by atoms with van der Waals surface area (Å²) in [4.78, 5) is 7.87. The summed E-state index contributed by atoms with van der Waals surface area (Å²) in [6, 6.07) is 0. The van der Waals surface area contributed by atoms with E-state index in [9.17, 15) is 13.2 Å². The monoisotopic (exact) mass is 297 g/mol. The van der Waals surface area contributed by atoms with Crippen LogP contribution in [0, 0.1) is 0 Å². The summed E-state index contributed by atoms with van der Waals surface area (Å²) < 4.78 is 36.2. The van der Waals surface area contributed by atoms with Crippen molar-refractivity contribution in [2.24, 2.45) is 0 Å². The molecule has 1 aromatic rings. The highest BCUT2D eigenvalue weighted by Crippen LogP contribution is 2.21. The van der Waals surface area contributed by atoms with Crippen LogP contribution in [0.3, 0.4) is 0 Å². The number of aromatic nitrogens is 2. The quantitative estimate of drug-likeness (QED) is 0.847. The van der Waals surface area contributed by atoms with Gasteiger partial charge in [0.15, 0.2) is 0 Å². The number of nitrogens with one attached hydrogen (secondary N) is 1. The number of alkyl halides is 3. The minimum atomic E-state index is -4.06. The van der Waals surface area contributed by atoms with Crippen molar-refractivity contribution in [2.45, 2.75) is 25.4 Å². The van der Waals surface area contributed by atoms with Gasteiger partial charge in [-0.15, -0.1) is 0 Å². The van der Waals surface area contributed by atoms with Gasteiger partial charge in [0.05, 0.1) is 4.47 Å². The van der Waals surface area contributed by atoms with Crippen molar-refractivity contribution in [3.63, 3.8) is 0 Å². The second-order valence-electron chi connectivity index (χ2n) is 3.22. The maximum Gasteiger partial charge on any atom is 0.389 e. The van der Waals surface area contributed by atoms with Crippen LogP contribution in [0.15, 0.2) is 16.9 Å². The molecule has 0 saturated heterocycles. The SMILES string of the molecule is FC(F)(F)CCCCNc1ncc(Br)cn1. The summed E-state index contributed by atoms with van der Waals surface area (Å²) in [5, 5.41) is 2.85. The fraction of sp³-hybridized carbons (Fsp3) is 0.556. The molecule has 0 aliphatic carbocycles. The van der Waals surface area contributed by atoms with Gasteiger partial charge in [0.25, 0.3) is 0 Å². The molecule has 0 amide bonds. The van der Waals surface area contributed by atoms with Crippen molar-refractivity contribution < 1.29 is 13.2 Å². The zero-order valence-corrected chi connectivity index (χ0v) is 9.98. The van der Waals surface area contributed by atoms with E-state index in [4.69, 9.17) is 0 Å². The molecule has 0 fully saturated rings. The third-order valence-electron chi connectivity index (χ3n) is 1.79. The lowest BCUT2D eigenvalue weighted by Gasteiger charge is -2.06. The highest BCUT2D eigenvalue weighted by Gasteiger charge is 2.25. The Morgan fingerprint density at radius 1 is 1.19 bits per heavy atom. The lowest BCUT2D eigenvalue weighted by Crippen LogP contribution is -2.09. The van der Waals surface area contributed by atoms with Crippen molar-refractivity contribution in [3.05, 3.63) is 16.9 Å². The minimum absolute atomic E-state index is 0.118. The van der Waals surface area contributed by atoms with Gasteiger partial charge in [-0.05, 0) is 28.8 Å². The van der Waals surface area contributed by atoms with E-state index in [0.29, 0.717) is 18.9 Å². The number of anilines is 1. The van der Waals surface area contributed by atoms with Crippen LogP contribution in [-0.2, 0) is 0 Å². The molecule has 7 heteroatoms. The third kappa shape index (κ3) is 5.89. The van der Waals surface area contributed by atoms with Gasteiger partial charge in [0, 0.05) is 25.4 Å². The summed E-state index contributed by atoms with van der Waals surface area (Å²) in [7, 11) is 0.